The number of rotatable bonds is 8. The smallest absolute Gasteiger partial charge is 0.254 e. The van der Waals surface area contributed by atoms with Crippen LogP contribution in [0.3, 0.4) is 0 Å². The van der Waals surface area contributed by atoms with Gasteiger partial charge in [0.05, 0.1) is 16.7 Å². The Bertz CT molecular complexity index is 786. The number of nitrogens with zero attached hydrogens (tertiary/aromatic N) is 3. The molecule has 1 saturated heterocycles. The van der Waals surface area contributed by atoms with E-state index >= 15 is 0 Å². The van der Waals surface area contributed by atoms with Gasteiger partial charge in [-0.05, 0) is 30.7 Å². The summed E-state index contributed by atoms with van der Waals surface area (Å²) in [6.45, 7) is 6.66. The number of carbonyl (C=O) groups is 1. The van der Waals surface area contributed by atoms with Gasteiger partial charge in [-0.1, -0.05) is 42.6 Å². The molecule has 0 saturated carbocycles. The highest BCUT2D eigenvalue weighted by molar-refractivity contribution is 6.37. The van der Waals surface area contributed by atoms with Gasteiger partial charge in [-0.25, -0.2) is 0 Å². The number of carbonyl (C=O) groups excluding carboxylic acids is 1. The first-order chi connectivity index (χ1) is 14.1. The maximum atomic E-state index is 12.9. The van der Waals surface area contributed by atoms with Crippen molar-refractivity contribution in [1.29, 1.82) is 0 Å². The van der Waals surface area contributed by atoms with Crippen LogP contribution in [0.25, 0.3) is 0 Å². The molecule has 1 aliphatic heterocycles. The number of benzene rings is 1. The maximum absolute atomic E-state index is 12.9. The highest BCUT2D eigenvalue weighted by atomic mass is 35.5. The van der Waals surface area contributed by atoms with Crippen molar-refractivity contribution in [2.45, 2.75) is 26.2 Å². The van der Waals surface area contributed by atoms with Crippen molar-refractivity contribution in [2.75, 3.05) is 39.3 Å². The molecule has 1 fully saturated rings. The summed E-state index contributed by atoms with van der Waals surface area (Å²) < 4.78 is 5.67. The Hall–Kier alpha value is -1.82. The van der Waals surface area contributed by atoms with Gasteiger partial charge >= 0.3 is 0 Å². The van der Waals surface area contributed by atoms with E-state index in [9.17, 15) is 4.79 Å². The van der Waals surface area contributed by atoms with Gasteiger partial charge in [0, 0.05) is 56.6 Å². The first kappa shape index (κ1) is 21.9. The van der Waals surface area contributed by atoms with Crippen molar-refractivity contribution in [2.24, 2.45) is 0 Å². The SMILES string of the molecule is CCCCOc1c(Cl)cc(C(=O)N2CCN(CCc3ccccn3)CC2)cc1Cl. The van der Waals surface area contributed by atoms with E-state index in [0.29, 0.717) is 41.1 Å². The lowest BCUT2D eigenvalue weighted by Gasteiger charge is -2.34. The summed E-state index contributed by atoms with van der Waals surface area (Å²) in [5.74, 6) is 0.413. The van der Waals surface area contributed by atoms with Gasteiger partial charge in [0.1, 0.15) is 0 Å². The lowest BCUT2D eigenvalue weighted by Crippen LogP contribution is -2.49. The summed E-state index contributed by atoms with van der Waals surface area (Å²) in [6, 6.07) is 9.30. The van der Waals surface area contributed by atoms with Crippen LogP contribution in [0, 0.1) is 0 Å². The molecule has 5 nitrogen and oxygen atoms in total. The molecule has 1 aromatic heterocycles. The van der Waals surface area contributed by atoms with Gasteiger partial charge in [-0.15, -0.1) is 0 Å². The first-order valence-corrected chi connectivity index (χ1v) is 10.9. The number of hydrogen-bond acceptors (Lipinski definition) is 4. The van der Waals surface area contributed by atoms with Crippen molar-refractivity contribution in [3.05, 3.63) is 57.8 Å². The van der Waals surface area contributed by atoms with E-state index in [1.165, 1.54) is 0 Å². The van der Waals surface area contributed by atoms with Crippen LogP contribution in [-0.4, -0.2) is 60.0 Å². The average molecular weight is 436 g/mol. The maximum Gasteiger partial charge on any atom is 0.254 e. The van der Waals surface area contributed by atoms with E-state index in [1.54, 1.807) is 12.1 Å². The van der Waals surface area contributed by atoms with E-state index in [2.05, 4.69) is 16.8 Å². The molecule has 0 atom stereocenters. The molecule has 1 aromatic carbocycles. The van der Waals surface area contributed by atoms with Crippen LogP contribution < -0.4 is 4.74 Å². The molecular formula is C22H27Cl2N3O2. The van der Waals surface area contributed by atoms with Gasteiger partial charge in [0.2, 0.25) is 0 Å². The van der Waals surface area contributed by atoms with Crippen molar-refractivity contribution in [1.82, 2.24) is 14.8 Å². The third kappa shape index (κ3) is 6.08. The van der Waals surface area contributed by atoms with Gasteiger partial charge < -0.3 is 9.64 Å². The number of unbranched alkanes of at least 4 members (excludes halogenated alkanes) is 1. The molecular weight excluding hydrogens is 409 g/mol. The van der Waals surface area contributed by atoms with Crippen LogP contribution in [0.15, 0.2) is 36.5 Å². The number of halogens is 2. The van der Waals surface area contributed by atoms with E-state index in [0.717, 1.165) is 44.6 Å². The van der Waals surface area contributed by atoms with Gasteiger partial charge in [-0.2, -0.15) is 0 Å². The van der Waals surface area contributed by atoms with Crippen molar-refractivity contribution >= 4 is 29.1 Å². The van der Waals surface area contributed by atoms with E-state index < -0.39 is 0 Å². The first-order valence-electron chi connectivity index (χ1n) is 10.1. The predicted octanol–water partition coefficient (Wildman–Crippen LogP) is 4.57. The fraction of sp³-hybridized carbons (Fsp3) is 0.455. The quantitative estimate of drug-likeness (QED) is 0.569. The largest absolute Gasteiger partial charge is 0.490 e. The Balaban J connectivity index is 1.53. The number of ether oxygens (including phenoxy) is 1. The molecule has 156 valence electrons. The Labute approximate surface area is 182 Å². The van der Waals surface area contributed by atoms with Crippen LogP contribution >= 0.6 is 23.2 Å². The predicted molar refractivity (Wildman–Crippen MR) is 117 cm³/mol. The third-order valence-electron chi connectivity index (χ3n) is 5.06. The van der Waals surface area contributed by atoms with Crippen molar-refractivity contribution < 1.29 is 9.53 Å². The molecule has 1 amide bonds. The highest BCUT2D eigenvalue weighted by Gasteiger charge is 2.23. The molecule has 2 heterocycles. The number of amides is 1. The minimum Gasteiger partial charge on any atom is -0.490 e. The zero-order valence-electron chi connectivity index (χ0n) is 16.7. The summed E-state index contributed by atoms with van der Waals surface area (Å²) in [5, 5.41) is 0.761. The van der Waals surface area contributed by atoms with Crippen LogP contribution in [0.2, 0.25) is 10.0 Å². The van der Waals surface area contributed by atoms with Gasteiger partial charge in [0.25, 0.3) is 5.91 Å². The normalized spacial score (nSPS) is 14.8. The molecule has 7 heteroatoms. The Morgan fingerprint density at radius 1 is 1.14 bits per heavy atom. The fourth-order valence-corrected chi connectivity index (χ4v) is 3.91. The van der Waals surface area contributed by atoms with E-state index in [-0.39, 0.29) is 5.91 Å². The molecule has 29 heavy (non-hydrogen) atoms. The Morgan fingerprint density at radius 3 is 2.48 bits per heavy atom. The topological polar surface area (TPSA) is 45.7 Å². The minimum atomic E-state index is -0.0433. The second kappa shape index (κ2) is 10.8. The molecule has 0 unspecified atom stereocenters. The zero-order valence-corrected chi connectivity index (χ0v) is 18.3. The minimum absolute atomic E-state index is 0.0433. The standard InChI is InChI=1S/C22H27Cl2N3O2/c1-2-3-14-29-21-19(23)15-17(16-20(21)24)22(28)27-12-10-26(11-13-27)9-7-18-6-4-5-8-25-18/h4-6,8,15-16H,2-3,7,9-14H2,1H3. The van der Waals surface area contributed by atoms with Crippen molar-refractivity contribution in [3.8, 4) is 5.75 Å². The van der Waals surface area contributed by atoms with Crippen LogP contribution in [0.5, 0.6) is 5.75 Å². The Kier molecular flexibility index (Phi) is 8.16. The third-order valence-corrected chi connectivity index (χ3v) is 5.62. The molecule has 0 bridgehead atoms. The van der Waals surface area contributed by atoms with E-state index in [4.69, 9.17) is 27.9 Å². The lowest BCUT2D eigenvalue weighted by atomic mass is 10.1. The summed E-state index contributed by atoms with van der Waals surface area (Å²) in [4.78, 5) is 21.5. The summed E-state index contributed by atoms with van der Waals surface area (Å²) in [7, 11) is 0. The van der Waals surface area contributed by atoms with Gasteiger partial charge in [0.15, 0.2) is 5.75 Å². The average Bonchev–Trinajstić information content (AvgIpc) is 2.74. The molecule has 0 spiro atoms. The van der Waals surface area contributed by atoms with Gasteiger partial charge in [-0.3, -0.25) is 14.7 Å². The molecule has 0 radical (unpaired) electrons. The molecule has 2 aromatic rings. The summed E-state index contributed by atoms with van der Waals surface area (Å²) >= 11 is 12.6. The number of hydrogen-bond donors (Lipinski definition) is 0. The fourth-order valence-electron chi connectivity index (χ4n) is 3.32. The van der Waals surface area contributed by atoms with Crippen LogP contribution in [0.4, 0.5) is 0 Å². The molecule has 0 N–H and O–H groups in total. The monoisotopic (exact) mass is 435 g/mol. The highest BCUT2D eigenvalue weighted by Crippen LogP contribution is 2.34. The van der Waals surface area contributed by atoms with Crippen LogP contribution in [0.1, 0.15) is 35.8 Å². The number of aromatic nitrogens is 1. The zero-order chi connectivity index (χ0) is 20.6. The van der Waals surface area contributed by atoms with Crippen molar-refractivity contribution in [3.63, 3.8) is 0 Å². The summed E-state index contributed by atoms with van der Waals surface area (Å²) in [6.07, 6.45) is 4.69. The molecule has 1 aliphatic rings. The molecule has 0 aliphatic carbocycles. The van der Waals surface area contributed by atoms with E-state index in [1.807, 2.05) is 29.3 Å². The second-order valence-corrected chi connectivity index (χ2v) is 7.99. The number of piperazine rings is 1. The van der Waals surface area contributed by atoms with Crippen LogP contribution in [-0.2, 0) is 6.42 Å². The lowest BCUT2D eigenvalue weighted by molar-refractivity contribution is 0.0638. The molecule has 3 rings (SSSR count). The Morgan fingerprint density at radius 2 is 1.86 bits per heavy atom. The number of pyridine rings is 1. The second-order valence-electron chi connectivity index (χ2n) is 7.18. The summed E-state index contributed by atoms with van der Waals surface area (Å²) in [5.41, 5.74) is 1.60.